The molecule has 0 spiro atoms. The minimum absolute atomic E-state index is 0.184. The summed E-state index contributed by atoms with van der Waals surface area (Å²) in [4.78, 5) is 11.3. The van der Waals surface area contributed by atoms with Crippen LogP contribution in [0.3, 0.4) is 0 Å². The molecule has 9 heteroatoms. The molecule has 1 aliphatic rings. The minimum atomic E-state index is -3.77. The lowest BCUT2D eigenvalue weighted by atomic mass is 10.2. The summed E-state index contributed by atoms with van der Waals surface area (Å²) in [6, 6.07) is 12.1. The van der Waals surface area contributed by atoms with Crippen LogP contribution in [0.15, 0.2) is 47.4 Å². The summed E-state index contributed by atoms with van der Waals surface area (Å²) in [5.74, 6) is 0.120. The maximum absolute atomic E-state index is 13.4. The molecule has 3 rings (SSSR count). The third-order valence-corrected chi connectivity index (χ3v) is 6.46. The van der Waals surface area contributed by atoms with Gasteiger partial charge in [0.15, 0.2) is 0 Å². The Kier molecular flexibility index (Phi) is 6.05. The van der Waals surface area contributed by atoms with E-state index in [0.29, 0.717) is 42.1 Å². The number of ether oxygens (including phenoxy) is 1. The number of methoxy groups -OCH3 is 1. The van der Waals surface area contributed by atoms with Crippen LogP contribution in [0.4, 0.5) is 17.1 Å². The zero-order valence-electron chi connectivity index (χ0n) is 15.5. The van der Waals surface area contributed by atoms with Crippen molar-refractivity contribution in [2.24, 2.45) is 0 Å². The molecule has 0 atom stereocenters. The molecule has 2 aromatic carbocycles. The third-order valence-electron chi connectivity index (χ3n) is 4.59. The summed E-state index contributed by atoms with van der Waals surface area (Å²) in [5.41, 5.74) is 3.33. The Bertz CT molecular complexity index is 962. The quantitative estimate of drug-likeness (QED) is 0.371. The molecule has 1 amide bonds. The summed E-state index contributed by atoms with van der Waals surface area (Å²) in [7, 11) is -2.24. The van der Waals surface area contributed by atoms with E-state index in [9.17, 15) is 13.2 Å². The summed E-state index contributed by atoms with van der Waals surface area (Å²) < 4.78 is 33.3. The molecule has 0 unspecified atom stereocenters. The molecule has 0 fully saturated rings. The van der Waals surface area contributed by atoms with Crippen LogP contribution in [-0.2, 0) is 14.8 Å². The molecular formula is C19H23N3O5S. The fourth-order valence-corrected chi connectivity index (χ4v) is 4.82. The number of fused-ring (bicyclic) bond motifs is 2. The fraction of sp³-hybridized carbons (Fsp3) is 0.316. The first kappa shape index (κ1) is 20.0. The Balaban J connectivity index is 1.88. The van der Waals surface area contributed by atoms with E-state index in [2.05, 4.69) is 5.32 Å². The second-order valence-corrected chi connectivity index (χ2v) is 8.26. The van der Waals surface area contributed by atoms with Gasteiger partial charge >= 0.3 is 0 Å². The Morgan fingerprint density at radius 3 is 2.68 bits per heavy atom. The van der Waals surface area contributed by atoms with E-state index in [4.69, 9.17) is 9.94 Å². The molecular weight excluding hydrogens is 382 g/mol. The molecule has 150 valence electrons. The van der Waals surface area contributed by atoms with Gasteiger partial charge in [-0.15, -0.1) is 0 Å². The predicted molar refractivity (Wildman–Crippen MR) is 106 cm³/mol. The van der Waals surface area contributed by atoms with E-state index in [1.54, 1.807) is 35.8 Å². The van der Waals surface area contributed by atoms with E-state index in [-0.39, 0.29) is 17.9 Å². The Morgan fingerprint density at radius 2 is 1.93 bits per heavy atom. The standard InChI is InChI=1S/C19H23N3O5S/c1-27-14-10-11-18-16(13-14)20-15-7-4-5-8-17(15)22(28(18,25)26)12-6-2-3-9-19(23)21-24/h4-5,7-8,10-11,13,20,24H,2-3,6,9,12H2,1H3,(H,21,23). The van der Waals surface area contributed by atoms with Gasteiger partial charge in [0.05, 0.1) is 24.2 Å². The molecule has 8 nitrogen and oxygen atoms in total. The lowest BCUT2D eigenvalue weighted by Crippen LogP contribution is -2.31. The van der Waals surface area contributed by atoms with Gasteiger partial charge < -0.3 is 10.1 Å². The molecule has 0 bridgehead atoms. The van der Waals surface area contributed by atoms with Crippen molar-refractivity contribution in [2.45, 2.75) is 30.6 Å². The number of carbonyl (C=O) groups excluding carboxylic acids is 1. The van der Waals surface area contributed by atoms with Crippen molar-refractivity contribution < 1.29 is 23.2 Å². The van der Waals surface area contributed by atoms with E-state index < -0.39 is 15.9 Å². The molecule has 2 aromatic rings. The van der Waals surface area contributed by atoms with Gasteiger partial charge in [-0.2, -0.15) is 0 Å². The van der Waals surface area contributed by atoms with Crippen LogP contribution in [0.25, 0.3) is 0 Å². The normalized spacial score (nSPS) is 14.3. The number of amides is 1. The molecule has 0 saturated carbocycles. The Morgan fingerprint density at radius 1 is 1.14 bits per heavy atom. The van der Waals surface area contributed by atoms with Gasteiger partial charge in [0, 0.05) is 19.0 Å². The number of sulfonamides is 1. The average Bonchev–Trinajstić information content (AvgIpc) is 2.79. The van der Waals surface area contributed by atoms with E-state index in [0.717, 1.165) is 0 Å². The number of hydrogen-bond acceptors (Lipinski definition) is 6. The first-order valence-electron chi connectivity index (χ1n) is 8.97. The Hall–Kier alpha value is -2.78. The Labute approximate surface area is 164 Å². The monoisotopic (exact) mass is 405 g/mol. The van der Waals surface area contributed by atoms with Crippen LogP contribution in [-0.4, -0.2) is 33.2 Å². The molecule has 1 aliphatic heterocycles. The van der Waals surface area contributed by atoms with Crippen LogP contribution in [0, 0.1) is 0 Å². The number of benzene rings is 2. The highest BCUT2D eigenvalue weighted by molar-refractivity contribution is 7.93. The number of nitrogens with zero attached hydrogens (tertiary/aromatic N) is 1. The summed E-state index contributed by atoms with van der Waals surface area (Å²) in [6.07, 6.45) is 2.00. The lowest BCUT2D eigenvalue weighted by Gasteiger charge is -2.24. The first-order chi connectivity index (χ1) is 13.5. The van der Waals surface area contributed by atoms with Crippen molar-refractivity contribution in [1.29, 1.82) is 0 Å². The topological polar surface area (TPSA) is 108 Å². The van der Waals surface area contributed by atoms with Crippen LogP contribution in [0.2, 0.25) is 0 Å². The number of rotatable bonds is 7. The average molecular weight is 405 g/mol. The van der Waals surface area contributed by atoms with E-state index >= 15 is 0 Å². The smallest absolute Gasteiger partial charge is 0.266 e. The number of unbranched alkanes of at least 4 members (excludes halogenated alkanes) is 2. The molecule has 28 heavy (non-hydrogen) atoms. The van der Waals surface area contributed by atoms with Crippen LogP contribution in [0.5, 0.6) is 5.75 Å². The van der Waals surface area contributed by atoms with Crippen LogP contribution < -0.4 is 19.8 Å². The van der Waals surface area contributed by atoms with E-state index in [1.807, 2.05) is 12.1 Å². The number of carbonyl (C=O) groups is 1. The highest BCUT2D eigenvalue weighted by Gasteiger charge is 2.32. The van der Waals surface area contributed by atoms with Gasteiger partial charge in [-0.1, -0.05) is 18.6 Å². The van der Waals surface area contributed by atoms with Crippen molar-refractivity contribution in [3.63, 3.8) is 0 Å². The molecule has 0 aliphatic carbocycles. The fourth-order valence-electron chi connectivity index (χ4n) is 3.16. The van der Waals surface area contributed by atoms with Gasteiger partial charge in [0.1, 0.15) is 10.6 Å². The number of para-hydroxylation sites is 2. The van der Waals surface area contributed by atoms with Crippen molar-refractivity contribution in [2.75, 3.05) is 23.3 Å². The van der Waals surface area contributed by atoms with Gasteiger partial charge in [-0.25, -0.2) is 13.9 Å². The van der Waals surface area contributed by atoms with Crippen molar-refractivity contribution in [1.82, 2.24) is 5.48 Å². The molecule has 0 saturated heterocycles. The van der Waals surface area contributed by atoms with Crippen molar-refractivity contribution in [3.05, 3.63) is 42.5 Å². The SMILES string of the molecule is COc1ccc2c(c1)Nc1ccccc1N(CCCCCC(=O)NO)S2(=O)=O. The van der Waals surface area contributed by atoms with Gasteiger partial charge in [-0.05, 0) is 37.1 Å². The largest absolute Gasteiger partial charge is 0.497 e. The zero-order chi connectivity index (χ0) is 20.1. The van der Waals surface area contributed by atoms with Gasteiger partial charge in [0.25, 0.3) is 10.0 Å². The van der Waals surface area contributed by atoms with Crippen molar-refractivity contribution in [3.8, 4) is 5.75 Å². The second kappa shape index (κ2) is 8.49. The maximum atomic E-state index is 13.4. The van der Waals surface area contributed by atoms with Gasteiger partial charge in [0.2, 0.25) is 5.91 Å². The van der Waals surface area contributed by atoms with Gasteiger partial charge in [-0.3, -0.25) is 14.3 Å². The van der Waals surface area contributed by atoms with Crippen LogP contribution in [0.1, 0.15) is 25.7 Å². The third kappa shape index (κ3) is 4.05. The van der Waals surface area contributed by atoms with Crippen molar-refractivity contribution >= 4 is 33.0 Å². The van der Waals surface area contributed by atoms with E-state index in [1.165, 1.54) is 11.4 Å². The summed E-state index contributed by atoms with van der Waals surface area (Å²) >= 11 is 0. The highest BCUT2D eigenvalue weighted by atomic mass is 32.2. The van der Waals surface area contributed by atoms with Crippen LogP contribution >= 0.6 is 0 Å². The number of hydrogen-bond donors (Lipinski definition) is 3. The lowest BCUT2D eigenvalue weighted by molar-refractivity contribution is -0.129. The summed E-state index contributed by atoms with van der Waals surface area (Å²) in [6.45, 7) is 0.285. The minimum Gasteiger partial charge on any atom is -0.497 e. The molecule has 1 heterocycles. The molecule has 3 N–H and O–H groups in total. The molecule has 0 radical (unpaired) electrons. The molecule has 0 aromatic heterocycles. The summed E-state index contributed by atoms with van der Waals surface area (Å²) in [5, 5.41) is 11.7. The number of nitrogens with one attached hydrogen (secondary N) is 2. The second-order valence-electron chi connectivity index (χ2n) is 6.43. The maximum Gasteiger partial charge on any atom is 0.266 e. The number of anilines is 3. The zero-order valence-corrected chi connectivity index (χ0v) is 16.3. The highest BCUT2D eigenvalue weighted by Crippen LogP contribution is 2.40. The first-order valence-corrected chi connectivity index (χ1v) is 10.4. The predicted octanol–water partition coefficient (Wildman–Crippen LogP) is 3.01. The number of hydroxylamine groups is 1.